The quantitative estimate of drug-likeness (QED) is 0.783. The van der Waals surface area contributed by atoms with Crippen molar-refractivity contribution in [1.82, 2.24) is 0 Å². The van der Waals surface area contributed by atoms with Gasteiger partial charge in [-0.05, 0) is 53.2 Å². The van der Waals surface area contributed by atoms with Crippen LogP contribution in [0.1, 0.15) is 44.4 Å². The third-order valence-electron chi connectivity index (χ3n) is 3.41. The van der Waals surface area contributed by atoms with Gasteiger partial charge in [0.2, 0.25) is 0 Å². The van der Waals surface area contributed by atoms with Crippen LogP contribution in [-0.2, 0) is 6.42 Å². The molecular weight excluding hydrogens is 282 g/mol. The number of thiophene rings is 1. The molecule has 0 aliphatic rings. The Labute approximate surface area is 112 Å². The van der Waals surface area contributed by atoms with E-state index in [1.54, 1.807) is 0 Å². The second-order valence-electron chi connectivity index (χ2n) is 4.57. The van der Waals surface area contributed by atoms with Gasteiger partial charge in [0.1, 0.15) is 0 Å². The van der Waals surface area contributed by atoms with Crippen LogP contribution in [0.25, 0.3) is 0 Å². The maximum atomic E-state index is 6.01. The number of halogens is 1. The van der Waals surface area contributed by atoms with E-state index in [1.165, 1.54) is 35.0 Å². The van der Waals surface area contributed by atoms with Crippen molar-refractivity contribution in [1.29, 1.82) is 0 Å². The van der Waals surface area contributed by atoms with E-state index >= 15 is 0 Å². The monoisotopic (exact) mass is 303 g/mol. The summed E-state index contributed by atoms with van der Waals surface area (Å²) >= 11 is 5.35. The number of hydrogen-bond acceptors (Lipinski definition) is 2. The van der Waals surface area contributed by atoms with Crippen LogP contribution in [0.5, 0.6) is 0 Å². The van der Waals surface area contributed by atoms with Crippen molar-refractivity contribution in [3.8, 4) is 0 Å². The highest BCUT2D eigenvalue weighted by Crippen LogP contribution is 2.34. The zero-order valence-corrected chi connectivity index (χ0v) is 12.7. The first-order valence-electron chi connectivity index (χ1n) is 6.09. The smallest absolute Gasteiger partial charge is 0.0285 e. The van der Waals surface area contributed by atoms with Gasteiger partial charge in [0, 0.05) is 14.7 Å². The molecule has 1 unspecified atom stereocenters. The number of nitrogens with two attached hydrogens (primary N) is 1. The van der Waals surface area contributed by atoms with E-state index in [2.05, 4.69) is 41.2 Å². The third kappa shape index (κ3) is 3.86. The average molecular weight is 304 g/mol. The van der Waals surface area contributed by atoms with Crippen molar-refractivity contribution >= 4 is 27.3 Å². The van der Waals surface area contributed by atoms with Crippen LogP contribution in [0.2, 0.25) is 0 Å². The summed E-state index contributed by atoms with van der Waals surface area (Å²) in [4.78, 5) is 1.45. The molecule has 1 aromatic heterocycles. The highest BCUT2D eigenvalue weighted by molar-refractivity contribution is 9.10. The lowest BCUT2D eigenvalue weighted by Gasteiger charge is -2.31. The molecule has 1 atom stereocenters. The van der Waals surface area contributed by atoms with E-state index in [0.717, 1.165) is 13.0 Å². The Hall–Kier alpha value is 0.140. The topological polar surface area (TPSA) is 26.0 Å². The maximum absolute atomic E-state index is 6.01. The Bertz CT molecular complexity index is 305. The molecule has 16 heavy (non-hydrogen) atoms. The van der Waals surface area contributed by atoms with Gasteiger partial charge >= 0.3 is 0 Å². The minimum absolute atomic E-state index is 0.320. The lowest BCUT2D eigenvalue weighted by molar-refractivity contribution is 0.253. The molecule has 0 aliphatic carbocycles. The van der Waals surface area contributed by atoms with Crippen molar-refractivity contribution in [2.24, 2.45) is 11.1 Å². The van der Waals surface area contributed by atoms with E-state index in [4.69, 9.17) is 5.73 Å². The van der Waals surface area contributed by atoms with Crippen molar-refractivity contribution in [2.75, 3.05) is 6.54 Å². The summed E-state index contributed by atoms with van der Waals surface area (Å²) in [6.45, 7) is 5.32. The van der Waals surface area contributed by atoms with E-state index in [0.29, 0.717) is 5.41 Å². The summed E-state index contributed by atoms with van der Waals surface area (Å²) < 4.78 is 1.20. The van der Waals surface area contributed by atoms with E-state index in [1.807, 2.05) is 11.3 Å². The molecule has 92 valence electrons. The first-order chi connectivity index (χ1) is 7.65. The first kappa shape index (κ1) is 14.2. The SMILES string of the molecule is CCCCC(CC)(CN)Cc1cc(Br)cs1. The van der Waals surface area contributed by atoms with Crippen molar-refractivity contribution in [2.45, 2.75) is 46.0 Å². The maximum Gasteiger partial charge on any atom is 0.0285 e. The molecular formula is C13H22BrNS. The molecule has 0 bridgehead atoms. The molecule has 0 aliphatic heterocycles. The molecule has 3 heteroatoms. The fraction of sp³-hybridized carbons (Fsp3) is 0.692. The Morgan fingerprint density at radius 1 is 1.44 bits per heavy atom. The van der Waals surface area contributed by atoms with Crippen LogP contribution in [0.3, 0.4) is 0 Å². The van der Waals surface area contributed by atoms with Gasteiger partial charge in [-0.25, -0.2) is 0 Å². The highest BCUT2D eigenvalue weighted by Gasteiger charge is 2.26. The zero-order chi connectivity index (χ0) is 12.0. The zero-order valence-electron chi connectivity index (χ0n) is 10.3. The standard InChI is InChI=1S/C13H22BrNS/c1-3-5-6-13(4-2,10-15)8-12-7-11(14)9-16-12/h7,9H,3-6,8,10,15H2,1-2H3. The van der Waals surface area contributed by atoms with Crippen LogP contribution in [-0.4, -0.2) is 6.54 Å². The highest BCUT2D eigenvalue weighted by atomic mass is 79.9. The van der Waals surface area contributed by atoms with Gasteiger partial charge in [0.05, 0.1) is 0 Å². The van der Waals surface area contributed by atoms with Gasteiger partial charge in [-0.3, -0.25) is 0 Å². The van der Waals surface area contributed by atoms with Gasteiger partial charge in [0.25, 0.3) is 0 Å². The molecule has 0 saturated carbocycles. The number of hydrogen-bond donors (Lipinski definition) is 1. The second-order valence-corrected chi connectivity index (χ2v) is 6.48. The lowest BCUT2D eigenvalue weighted by Crippen LogP contribution is -2.32. The number of rotatable bonds is 7. The second kappa shape index (κ2) is 6.77. The summed E-state index contributed by atoms with van der Waals surface area (Å²) in [7, 11) is 0. The largest absolute Gasteiger partial charge is 0.330 e. The molecule has 1 heterocycles. The normalized spacial score (nSPS) is 15.0. The summed E-state index contributed by atoms with van der Waals surface area (Å²) in [5, 5.41) is 2.16. The lowest BCUT2D eigenvalue weighted by atomic mass is 9.77. The van der Waals surface area contributed by atoms with Crippen molar-refractivity contribution in [3.05, 3.63) is 20.8 Å². The minimum atomic E-state index is 0.320. The predicted molar refractivity (Wildman–Crippen MR) is 77.0 cm³/mol. The molecule has 1 nitrogen and oxygen atoms in total. The molecule has 0 saturated heterocycles. The molecule has 0 spiro atoms. The molecule has 0 fully saturated rings. The summed E-state index contributed by atoms with van der Waals surface area (Å²) in [5.74, 6) is 0. The Morgan fingerprint density at radius 3 is 2.62 bits per heavy atom. The summed E-state index contributed by atoms with van der Waals surface area (Å²) in [6.07, 6.45) is 6.12. The van der Waals surface area contributed by atoms with Crippen molar-refractivity contribution in [3.63, 3.8) is 0 Å². The summed E-state index contributed by atoms with van der Waals surface area (Å²) in [6, 6.07) is 2.23. The molecule has 1 aromatic rings. The van der Waals surface area contributed by atoms with Crippen LogP contribution < -0.4 is 5.73 Å². The van der Waals surface area contributed by atoms with E-state index in [-0.39, 0.29) is 0 Å². The molecule has 2 N–H and O–H groups in total. The molecule has 1 rings (SSSR count). The third-order valence-corrected chi connectivity index (χ3v) is 5.11. The minimum Gasteiger partial charge on any atom is -0.330 e. The molecule has 0 radical (unpaired) electrons. The van der Waals surface area contributed by atoms with Crippen molar-refractivity contribution < 1.29 is 0 Å². The van der Waals surface area contributed by atoms with Gasteiger partial charge in [-0.2, -0.15) is 0 Å². The van der Waals surface area contributed by atoms with Gasteiger partial charge in [-0.15, -0.1) is 11.3 Å². The van der Waals surface area contributed by atoms with E-state index < -0.39 is 0 Å². The van der Waals surface area contributed by atoms with Crippen LogP contribution >= 0.6 is 27.3 Å². The van der Waals surface area contributed by atoms with E-state index in [9.17, 15) is 0 Å². The fourth-order valence-corrected chi connectivity index (χ4v) is 3.70. The predicted octanol–water partition coefficient (Wildman–Crippen LogP) is 4.60. The van der Waals surface area contributed by atoms with Crippen LogP contribution in [0.4, 0.5) is 0 Å². The fourth-order valence-electron chi connectivity index (χ4n) is 2.08. The van der Waals surface area contributed by atoms with Crippen LogP contribution in [0.15, 0.2) is 15.9 Å². The molecule has 0 aromatic carbocycles. The summed E-state index contributed by atoms with van der Waals surface area (Å²) in [5.41, 5.74) is 6.33. The average Bonchev–Trinajstić information content (AvgIpc) is 2.70. The Morgan fingerprint density at radius 2 is 2.19 bits per heavy atom. The van der Waals surface area contributed by atoms with Gasteiger partial charge in [0.15, 0.2) is 0 Å². The van der Waals surface area contributed by atoms with Gasteiger partial charge < -0.3 is 5.73 Å². The Kier molecular flexibility index (Phi) is 6.01. The Balaban J connectivity index is 2.69. The van der Waals surface area contributed by atoms with Gasteiger partial charge in [-0.1, -0.05) is 26.7 Å². The van der Waals surface area contributed by atoms with Crippen LogP contribution in [0, 0.1) is 5.41 Å². The number of unbranched alkanes of at least 4 members (excludes halogenated alkanes) is 1. The molecule has 0 amide bonds. The first-order valence-corrected chi connectivity index (χ1v) is 7.76.